The van der Waals surface area contributed by atoms with Crippen molar-refractivity contribution >= 4 is 33.3 Å². The van der Waals surface area contributed by atoms with Crippen LogP contribution in [0, 0.1) is 5.21 Å². The van der Waals surface area contributed by atoms with E-state index in [-0.39, 0.29) is 5.56 Å². The highest BCUT2D eigenvalue weighted by atomic mass is 79.9. The zero-order valence-corrected chi connectivity index (χ0v) is 13.2. The van der Waals surface area contributed by atoms with Crippen LogP contribution in [0.5, 0.6) is 0 Å². The highest BCUT2D eigenvalue weighted by Crippen LogP contribution is 2.18. The molecule has 0 radical (unpaired) electrons. The summed E-state index contributed by atoms with van der Waals surface area (Å²) >= 11 is 4.68. The van der Waals surface area contributed by atoms with Gasteiger partial charge in [-0.1, -0.05) is 0 Å². The number of hydrogen-bond acceptors (Lipinski definition) is 4. The van der Waals surface area contributed by atoms with Crippen molar-refractivity contribution in [2.24, 2.45) is 0 Å². The van der Waals surface area contributed by atoms with Gasteiger partial charge >= 0.3 is 0 Å². The smallest absolute Gasteiger partial charge is 0.258 e. The van der Waals surface area contributed by atoms with Gasteiger partial charge < -0.3 is 5.21 Å². The van der Waals surface area contributed by atoms with Gasteiger partial charge in [0.25, 0.3) is 10.6 Å². The number of pyridine rings is 2. The fraction of sp³-hybridized carbons (Fsp3) is 0.0714. The molecule has 0 saturated heterocycles. The van der Waals surface area contributed by atoms with Gasteiger partial charge in [0.1, 0.15) is 5.65 Å². The van der Waals surface area contributed by atoms with E-state index in [1.165, 1.54) is 28.4 Å². The summed E-state index contributed by atoms with van der Waals surface area (Å²) in [6, 6.07) is 10.3. The van der Waals surface area contributed by atoms with E-state index >= 15 is 0 Å². The Labute approximate surface area is 133 Å². The van der Waals surface area contributed by atoms with Crippen LogP contribution in [0.2, 0.25) is 0 Å². The van der Waals surface area contributed by atoms with Gasteiger partial charge in [0.2, 0.25) is 0 Å². The number of halogens is 1. The summed E-state index contributed by atoms with van der Waals surface area (Å²) in [6.45, 7) is 0. The molecule has 7 heteroatoms. The highest BCUT2D eigenvalue weighted by molar-refractivity contribution is 9.10. The van der Waals surface area contributed by atoms with Crippen LogP contribution in [0.25, 0.3) is 5.65 Å². The average molecular weight is 364 g/mol. The van der Waals surface area contributed by atoms with E-state index in [1.807, 2.05) is 6.07 Å². The molecule has 3 heterocycles. The third-order valence-corrected chi connectivity index (χ3v) is 4.35. The van der Waals surface area contributed by atoms with Gasteiger partial charge in [-0.3, -0.25) is 9.20 Å². The summed E-state index contributed by atoms with van der Waals surface area (Å²) in [5.74, 6) is 0.466. The van der Waals surface area contributed by atoms with E-state index in [1.54, 1.807) is 30.5 Å². The molecule has 0 N–H and O–H groups in total. The van der Waals surface area contributed by atoms with E-state index < -0.39 is 0 Å². The molecule has 0 aliphatic heterocycles. The monoisotopic (exact) mass is 363 g/mol. The number of fused-ring (bicyclic) bond motifs is 1. The first kappa shape index (κ1) is 14.1. The maximum Gasteiger partial charge on any atom is 0.258 e. The van der Waals surface area contributed by atoms with Gasteiger partial charge in [-0.25, -0.2) is 4.98 Å². The fourth-order valence-corrected chi connectivity index (χ4v) is 3.02. The lowest BCUT2D eigenvalue weighted by molar-refractivity contribution is -0.645. The predicted molar refractivity (Wildman–Crippen MR) is 84.1 cm³/mol. The van der Waals surface area contributed by atoms with Crippen molar-refractivity contribution in [2.75, 3.05) is 0 Å². The van der Waals surface area contributed by atoms with Crippen molar-refractivity contribution in [3.63, 3.8) is 0 Å². The molecule has 0 unspecified atom stereocenters. The van der Waals surface area contributed by atoms with Crippen molar-refractivity contribution in [1.82, 2.24) is 9.38 Å². The molecule has 3 aromatic rings. The summed E-state index contributed by atoms with van der Waals surface area (Å²) < 4.78 is 3.10. The summed E-state index contributed by atoms with van der Waals surface area (Å²) in [7, 11) is 0. The second kappa shape index (κ2) is 5.87. The Kier molecular flexibility index (Phi) is 3.94. The molecule has 0 aliphatic carbocycles. The van der Waals surface area contributed by atoms with Crippen molar-refractivity contribution in [3.05, 3.63) is 74.5 Å². The number of aromatic nitrogens is 3. The van der Waals surface area contributed by atoms with E-state index in [2.05, 4.69) is 20.9 Å². The minimum Gasteiger partial charge on any atom is -0.618 e. The lowest BCUT2D eigenvalue weighted by Gasteiger charge is -2.05. The molecule has 0 aromatic carbocycles. The molecule has 0 fully saturated rings. The van der Waals surface area contributed by atoms with Gasteiger partial charge in [-0.05, 0) is 45.9 Å². The first-order chi connectivity index (χ1) is 10.1. The van der Waals surface area contributed by atoms with Crippen LogP contribution >= 0.6 is 27.7 Å². The molecule has 0 amide bonds. The van der Waals surface area contributed by atoms with Gasteiger partial charge in [-0.2, -0.15) is 4.73 Å². The maximum atomic E-state index is 12.1. The Morgan fingerprint density at radius 3 is 3.00 bits per heavy atom. The molecular weight excluding hydrogens is 354 g/mol. The molecule has 106 valence electrons. The van der Waals surface area contributed by atoms with Gasteiger partial charge in [0.05, 0.1) is 5.69 Å². The largest absolute Gasteiger partial charge is 0.618 e. The summed E-state index contributed by atoms with van der Waals surface area (Å²) in [5, 5.41) is 12.1. The Morgan fingerprint density at radius 1 is 1.33 bits per heavy atom. The quantitative estimate of drug-likeness (QED) is 0.407. The van der Waals surface area contributed by atoms with Crippen molar-refractivity contribution in [2.45, 2.75) is 10.8 Å². The summed E-state index contributed by atoms with van der Waals surface area (Å²) in [4.78, 5) is 16.5. The zero-order valence-electron chi connectivity index (χ0n) is 10.8. The number of rotatable bonds is 3. The van der Waals surface area contributed by atoms with Crippen molar-refractivity contribution in [3.8, 4) is 0 Å². The summed E-state index contributed by atoms with van der Waals surface area (Å²) in [6.07, 6.45) is 3.13. The molecule has 0 spiro atoms. The van der Waals surface area contributed by atoms with Crippen LogP contribution in [0.3, 0.4) is 0 Å². The molecule has 0 bridgehead atoms. The first-order valence-electron chi connectivity index (χ1n) is 6.12. The van der Waals surface area contributed by atoms with Gasteiger partial charge in [0, 0.05) is 34.6 Å². The first-order valence-corrected chi connectivity index (χ1v) is 7.90. The van der Waals surface area contributed by atoms with Crippen molar-refractivity contribution in [1.29, 1.82) is 0 Å². The van der Waals surface area contributed by atoms with Crippen LogP contribution in [-0.2, 0) is 5.75 Å². The molecule has 3 rings (SSSR count). The number of thioether (sulfide) groups is 1. The molecule has 0 saturated carbocycles. The predicted octanol–water partition coefficient (Wildman–Crippen LogP) is 2.38. The average Bonchev–Trinajstić information content (AvgIpc) is 2.47. The molecule has 0 aliphatic rings. The second-order valence-electron chi connectivity index (χ2n) is 4.31. The minimum atomic E-state index is -0.139. The SMILES string of the molecule is O=c1cc(CSc2cccc[n+]2[O-])nc2ccc(Br)cn12. The standard InChI is InChI=1S/C14H10BrN3O2S/c15-10-4-5-12-16-11(7-13(19)17(12)8-10)9-21-14-3-1-2-6-18(14)20/h1-8H,9H2. The topological polar surface area (TPSA) is 61.3 Å². The normalized spacial score (nSPS) is 10.9. The molecule has 3 aromatic heterocycles. The van der Waals surface area contributed by atoms with Crippen LogP contribution in [-0.4, -0.2) is 9.38 Å². The van der Waals surface area contributed by atoms with Crippen molar-refractivity contribution < 1.29 is 4.73 Å². The van der Waals surface area contributed by atoms with Gasteiger partial charge in [-0.15, -0.1) is 0 Å². The van der Waals surface area contributed by atoms with E-state index in [9.17, 15) is 10.0 Å². The van der Waals surface area contributed by atoms with E-state index in [0.717, 1.165) is 9.20 Å². The molecule has 0 atom stereocenters. The number of hydrogen-bond donors (Lipinski definition) is 0. The summed E-state index contributed by atoms with van der Waals surface area (Å²) in [5.41, 5.74) is 1.10. The minimum absolute atomic E-state index is 0.139. The van der Waals surface area contributed by atoms with Crippen LogP contribution in [0.4, 0.5) is 0 Å². The zero-order chi connectivity index (χ0) is 14.8. The maximum absolute atomic E-state index is 12.1. The van der Waals surface area contributed by atoms with E-state index in [4.69, 9.17) is 0 Å². The number of nitrogens with zero attached hydrogens (tertiary/aromatic N) is 3. The Hall–Kier alpha value is -1.86. The highest BCUT2D eigenvalue weighted by Gasteiger charge is 2.08. The fourth-order valence-electron chi connectivity index (χ4n) is 1.87. The second-order valence-corrected chi connectivity index (χ2v) is 6.23. The van der Waals surface area contributed by atoms with Crippen LogP contribution < -0.4 is 10.3 Å². The lowest BCUT2D eigenvalue weighted by atomic mass is 10.4. The van der Waals surface area contributed by atoms with Crippen LogP contribution in [0.1, 0.15) is 5.69 Å². The molecule has 5 nitrogen and oxygen atoms in total. The van der Waals surface area contributed by atoms with Crippen LogP contribution in [0.15, 0.2) is 63.1 Å². The lowest BCUT2D eigenvalue weighted by Crippen LogP contribution is -2.27. The molecular formula is C14H10BrN3O2S. The third kappa shape index (κ3) is 3.08. The Balaban J connectivity index is 1.90. The Bertz CT molecular complexity index is 866. The Morgan fingerprint density at radius 2 is 2.19 bits per heavy atom. The third-order valence-electron chi connectivity index (χ3n) is 2.83. The molecule has 21 heavy (non-hydrogen) atoms. The van der Waals surface area contributed by atoms with E-state index in [0.29, 0.717) is 22.1 Å². The van der Waals surface area contributed by atoms with Gasteiger partial charge in [0.15, 0.2) is 6.20 Å².